The number of nitrogens with two attached hydrogens (primary N) is 1. The number of carbonyl (C=O) groups excluding carboxylic acids is 1. The fourth-order valence-corrected chi connectivity index (χ4v) is 2.07. The maximum atomic E-state index is 14.0. The van der Waals surface area contributed by atoms with Gasteiger partial charge in [0.2, 0.25) is 0 Å². The average Bonchev–Trinajstić information content (AvgIpc) is 2.47. The highest BCUT2D eigenvalue weighted by Gasteiger charge is 2.19. The van der Waals surface area contributed by atoms with Crippen molar-refractivity contribution < 1.29 is 9.18 Å². The molecular weight excluding hydrogens is 271 g/mol. The largest absolute Gasteiger partial charge is 0.337 e. The summed E-state index contributed by atoms with van der Waals surface area (Å²) < 4.78 is 14.0. The lowest BCUT2D eigenvalue weighted by Gasteiger charge is -2.18. The third-order valence-corrected chi connectivity index (χ3v) is 3.11. The molecule has 0 radical (unpaired) electrons. The maximum absolute atomic E-state index is 14.0. The van der Waals surface area contributed by atoms with Crippen LogP contribution in [0.5, 0.6) is 0 Å². The van der Waals surface area contributed by atoms with Gasteiger partial charge in [0.1, 0.15) is 0 Å². The Morgan fingerprint density at radius 3 is 2.86 bits per heavy atom. The zero-order valence-corrected chi connectivity index (χ0v) is 11.9. The van der Waals surface area contributed by atoms with Crippen LogP contribution in [0.4, 0.5) is 10.2 Å². The van der Waals surface area contributed by atoms with Gasteiger partial charge in [0.05, 0.1) is 5.56 Å². The first-order chi connectivity index (χ1) is 10.0. The van der Waals surface area contributed by atoms with Crippen molar-refractivity contribution in [3.63, 3.8) is 0 Å². The normalized spacial score (nSPS) is 10.3. The van der Waals surface area contributed by atoms with Crippen LogP contribution < -0.4 is 11.3 Å². The highest BCUT2D eigenvalue weighted by Crippen LogP contribution is 2.17. The van der Waals surface area contributed by atoms with E-state index in [9.17, 15) is 9.18 Å². The average molecular weight is 288 g/mol. The Balaban J connectivity index is 2.20. The SMILES string of the molecule is Cc1cccc(CN(C)C(=O)c2ccnc(NN)c2F)c1. The smallest absolute Gasteiger partial charge is 0.257 e. The minimum absolute atomic E-state index is 0.0619. The lowest BCUT2D eigenvalue weighted by Crippen LogP contribution is -2.27. The Bertz CT molecular complexity index is 660. The number of benzene rings is 1. The van der Waals surface area contributed by atoms with Crippen molar-refractivity contribution in [2.75, 3.05) is 12.5 Å². The van der Waals surface area contributed by atoms with Gasteiger partial charge in [0.15, 0.2) is 11.6 Å². The molecule has 21 heavy (non-hydrogen) atoms. The van der Waals surface area contributed by atoms with Gasteiger partial charge in [-0.05, 0) is 18.6 Å². The predicted molar refractivity (Wildman–Crippen MR) is 79.0 cm³/mol. The van der Waals surface area contributed by atoms with Crippen LogP contribution >= 0.6 is 0 Å². The van der Waals surface area contributed by atoms with E-state index in [4.69, 9.17) is 5.84 Å². The maximum Gasteiger partial charge on any atom is 0.257 e. The molecular formula is C15H17FN4O. The van der Waals surface area contributed by atoms with Gasteiger partial charge in [0.25, 0.3) is 5.91 Å². The molecule has 0 aliphatic rings. The van der Waals surface area contributed by atoms with Gasteiger partial charge in [-0.1, -0.05) is 29.8 Å². The van der Waals surface area contributed by atoms with Crippen LogP contribution in [0.2, 0.25) is 0 Å². The van der Waals surface area contributed by atoms with Crippen molar-refractivity contribution >= 4 is 11.7 Å². The number of hydrazine groups is 1. The van der Waals surface area contributed by atoms with Gasteiger partial charge < -0.3 is 10.3 Å². The molecule has 2 rings (SSSR count). The van der Waals surface area contributed by atoms with Crippen molar-refractivity contribution in [3.05, 3.63) is 59.0 Å². The summed E-state index contributed by atoms with van der Waals surface area (Å²) in [6, 6.07) is 9.15. The first kappa shape index (κ1) is 14.9. The second kappa shape index (κ2) is 6.32. The number of aromatic nitrogens is 1. The molecule has 1 amide bonds. The summed E-state index contributed by atoms with van der Waals surface area (Å²) in [7, 11) is 1.63. The molecule has 0 spiro atoms. The number of nitrogens with zero attached hydrogens (tertiary/aromatic N) is 2. The number of nitrogens with one attached hydrogen (secondary N) is 1. The molecule has 2 aromatic rings. The van der Waals surface area contributed by atoms with E-state index in [1.54, 1.807) is 7.05 Å². The molecule has 0 bridgehead atoms. The zero-order valence-electron chi connectivity index (χ0n) is 11.9. The van der Waals surface area contributed by atoms with E-state index in [0.717, 1.165) is 11.1 Å². The quantitative estimate of drug-likeness (QED) is 0.667. The van der Waals surface area contributed by atoms with Gasteiger partial charge >= 0.3 is 0 Å². The Hall–Kier alpha value is -2.47. The summed E-state index contributed by atoms with van der Waals surface area (Å²) in [6.45, 7) is 2.38. The van der Waals surface area contributed by atoms with Crippen LogP contribution in [0, 0.1) is 12.7 Å². The summed E-state index contributed by atoms with van der Waals surface area (Å²) >= 11 is 0. The fraction of sp³-hybridized carbons (Fsp3) is 0.200. The highest BCUT2D eigenvalue weighted by atomic mass is 19.1. The van der Waals surface area contributed by atoms with E-state index in [1.807, 2.05) is 31.2 Å². The molecule has 6 heteroatoms. The number of anilines is 1. The first-order valence-electron chi connectivity index (χ1n) is 6.45. The van der Waals surface area contributed by atoms with E-state index in [-0.39, 0.29) is 11.4 Å². The van der Waals surface area contributed by atoms with Crippen molar-refractivity contribution in [1.29, 1.82) is 0 Å². The third kappa shape index (κ3) is 3.35. The predicted octanol–water partition coefficient (Wildman–Crippen LogP) is 2.09. The second-order valence-corrected chi connectivity index (χ2v) is 4.82. The van der Waals surface area contributed by atoms with Gasteiger partial charge in [-0.15, -0.1) is 0 Å². The highest BCUT2D eigenvalue weighted by molar-refractivity contribution is 5.95. The number of halogens is 1. The number of amides is 1. The minimum atomic E-state index is -0.749. The van der Waals surface area contributed by atoms with Crippen LogP contribution in [0.3, 0.4) is 0 Å². The van der Waals surface area contributed by atoms with E-state index < -0.39 is 11.7 Å². The Kier molecular flexibility index (Phi) is 4.49. The summed E-state index contributed by atoms with van der Waals surface area (Å²) in [6.07, 6.45) is 1.34. The monoisotopic (exact) mass is 288 g/mol. The molecule has 1 aromatic heterocycles. The molecule has 1 aromatic carbocycles. The number of nitrogen functional groups attached to an aromatic ring is 1. The number of hydrogen-bond donors (Lipinski definition) is 2. The number of carbonyl (C=O) groups is 1. The lowest BCUT2D eigenvalue weighted by molar-refractivity contribution is 0.0780. The van der Waals surface area contributed by atoms with Crippen molar-refractivity contribution in [3.8, 4) is 0 Å². The number of rotatable bonds is 4. The Labute approximate surface area is 122 Å². The van der Waals surface area contributed by atoms with Crippen LogP contribution in [0.1, 0.15) is 21.5 Å². The molecule has 0 atom stereocenters. The number of pyridine rings is 1. The summed E-state index contributed by atoms with van der Waals surface area (Å²) in [5.74, 6) is 3.84. The molecule has 0 fully saturated rings. The van der Waals surface area contributed by atoms with Gasteiger partial charge in [-0.25, -0.2) is 15.2 Å². The van der Waals surface area contributed by atoms with Crippen molar-refractivity contribution in [1.82, 2.24) is 9.88 Å². The molecule has 3 N–H and O–H groups in total. The molecule has 0 saturated heterocycles. The van der Waals surface area contributed by atoms with Crippen LogP contribution in [0.25, 0.3) is 0 Å². The van der Waals surface area contributed by atoms with E-state index in [0.29, 0.717) is 6.54 Å². The topological polar surface area (TPSA) is 71.2 Å². The van der Waals surface area contributed by atoms with E-state index >= 15 is 0 Å². The van der Waals surface area contributed by atoms with E-state index in [1.165, 1.54) is 17.2 Å². The van der Waals surface area contributed by atoms with Crippen molar-refractivity contribution in [2.45, 2.75) is 13.5 Å². The third-order valence-electron chi connectivity index (χ3n) is 3.11. The van der Waals surface area contributed by atoms with Gasteiger partial charge in [0, 0.05) is 19.8 Å². The summed E-state index contributed by atoms with van der Waals surface area (Å²) in [5, 5.41) is 0. The molecule has 1 heterocycles. The van der Waals surface area contributed by atoms with E-state index in [2.05, 4.69) is 10.4 Å². The Morgan fingerprint density at radius 1 is 1.43 bits per heavy atom. The standard InChI is InChI=1S/C15H17FN4O/c1-10-4-3-5-11(8-10)9-20(2)15(21)12-6-7-18-14(19-17)13(12)16/h3-8H,9,17H2,1-2H3,(H,18,19). The fourth-order valence-electron chi connectivity index (χ4n) is 2.07. The lowest BCUT2D eigenvalue weighted by atomic mass is 10.1. The van der Waals surface area contributed by atoms with Gasteiger partial charge in [-0.3, -0.25) is 4.79 Å². The molecule has 0 saturated carbocycles. The summed E-state index contributed by atoms with van der Waals surface area (Å²) in [5.41, 5.74) is 4.16. The number of aryl methyl sites for hydroxylation is 1. The molecule has 110 valence electrons. The summed E-state index contributed by atoms with van der Waals surface area (Å²) in [4.78, 5) is 17.5. The van der Waals surface area contributed by atoms with Crippen LogP contribution in [-0.4, -0.2) is 22.8 Å². The van der Waals surface area contributed by atoms with Gasteiger partial charge in [-0.2, -0.15) is 0 Å². The number of hydrogen-bond acceptors (Lipinski definition) is 4. The zero-order chi connectivity index (χ0) is 15.4. The molecule has 0 unspecified atom stereocenters. The molecule has 0 aliphatic heterocycles. The van der Waals surface area contributed by atoms with Crippen LogP contribution in [0.15, 0.2) is 36.5 Å². The second-order valence-electron chi connectivity index (χ2n) is 4.82. The minimum Gasteiger partial charge on any atom is -0.337 e. The Morgan fingerprint density at radius 2 is 2.19 bits per heavy atom. The molecule has 0 aliphatic carbocycles. The first-order valence-corrected chi connectivity index (χ1v) is 6.45. The van der Waals surface area contributed by atoms with Crippen molar-refractivity contribution in [2.24, 2.45) is 5.84 Å². The van der Waals surface area contributed by atoms with Crippen LogP contribution in [-0.2, 0) is 6.54 Å². The molecule has 5 nitrogen and oxygen atoms in total.